The van der Waals surface area contributed by atoms with Crippen LogP contribution in [0.3, 0.4) is 0 Å². The molecule has 2 aliphatic rings. The molecule has 2 aromatic rings. The number of piperidine rings is 1. The topological polar surface area (TPSA) is 108 Å². The predicted molar refractivity (Wildman–Crippen MR) is 129 cm³/mol. The molecular formula is C23H34ClN7O2. The molecule has 2 aromatic heterocycles. The number of amides is 1. The monoisotopic (exact) mass is 475 g/mol. The maximum absolute atomic E-state index is 11.6. The lowest BCUT2D eigenvalue weighted by molar-refractivity contribution is -0.131. The molecule has 33 heavy (non-hydrogen) atoms. The summed E-state index contributed by atoms with van der Waals surface area (Å²) in [5.74, 6) is 1.26. The van der Waals surface area contributed by atoms with E-state index < -0.39 is 5.60 Å². The Morgan fingerprint density at radius 2 is 1.94 bits per heavy atom. The van der Waals surface area contributed by atoms with Crippen molar-refractivity contribution in [2.45, 2.75) is 77.5 Å². The molecule has 0 aromatic carbocycles. The van der Waals surface area contributed by atoms with E-state index in [1.54, 1.807) is 44.0 Å². The van der Waals surface area contributed by atoms with Crippen LogP contribution in [0.4, 0.5) is 17.5 Å². The molecule has 1 saturated carbocycles. The average Bonchev–Trinajstić information content (AvgIpc) is 3.17. The summed E-state index contributed by atoms with van der Waals surface area (Å²) in [7, 11) is 0. The van der Waals surface area contributed by atoms with Gasteiger partial charge in [-0.1, -0.05) is 11.6 Å². The van der Waals surface area contributed by atoms with Crippen LogP contribution >= 0.6 is 11.6 Å². The fourth-order valence-corrected chi connectivity index (χ4v) is 5.08. The fraction of sp³-hybridized carbons (Fsp3) is 0.652. The normalized spacial score (nSPS) is 19.0. The van der Waals surface area contributed by atoms with Crippen molar-refractivity contribution in [2.24, 2.45) is 5.41 Å². The van der Waals surface area contributed by atoms with Crippen LogP contribution < -0.4 is 10.6 Å². The number of aromatic nitrogens is 4. The maximum atomic E-state index is 11.6. The van der Waals surface area contributed by atoms with E-state index in [9.17, 15) is 9.90 Å². The average molecular weight is 476 g/mol. The van der Waals surface area contributed by atoms with Gasteiger partial charge in [-0.3, -0.25) is 9.48 Å². The second-order valence-electron chi connectivity index (χ2n) is 10.2. The van der Waals surface area contributed by atoms with Crippen LogP contribution in [-0.2, 0) is 11.3 Å². The van der Waals surface area contributed by atoms with Crippen molar-refractivity contribution in [1.82, 2.24) is 24.6 Å². The number of nitrogens with zero attached hydrogens (tertiary/aromatic N) is 5. The zero-order valence-electron chi connectivity index (χ0n) is 19.6. The van der Waals surface area contributed by atoms with E-state index in [4.69, 9.17) is 11.6 Å². The highest BCUT2D eigenvalue weighted by atomic mass is 35.5. The van der Waals surface area contributed by atoms with Crippen molar-refractivity contribution in [2.75, 3.05) is 23.7 Å². The summed E-state index contributed by atoms with van der Waals surface area (Å²) in [4.78, 5) is 22.5. The zero-order chi connectivity index (χ0) is 23.6. The third kappa shape index (κ3) is 6.14. The first-order valence-corrected chi connectivity index (χ1v) is 12.1. The molecule has 4 rings (SSSR count). The SMILES string of the molecule is CC(=O)N1CCC2(CCC(Nc3nc(Nc4cnn(CC(C)(C)O)c4)ncc3Cl)CC2)CC1. The molecule has 1 amide bonds. The molecule has 0 radical (unpaired) electrons. The van der Waals surface area contributed by atoms with E-state index in [0.29, 0.717) is 34.8 Å². The molecule has 1 aliphatic carbocycles. The molecule has 3 N–H and O–H groups in total. The molecular weight excluding hydrogens is 442 g/mol. The minimum atomic E-state index is -0.847. The van der Waals surface area contributed by atoms with Crippen LogP contribution in [0.2, 0.25) is 5.02 Å². The van der Waals surface area contributed by atoms with E-state index in [1.165, 1.54) is 0 Å². The van der Waals surface area contributed by atoms with Crippen LogP contribution in [0.25, 0.3) is 0 Å². The van der Waals surface area contributed by atoms with Gasteiger partial charge < -0.3 is 20.6 Å². The zero-order valence-corrected chi connectivity index (χ0v) is 20.4. The van der Waals surface area contributed by atoms with Gasteiger partial charge in [-0.05, 0) is 57.8 Å². The predicted octanol–water partition coefficient (Wildman–Crippen LogP) is 3.82. The van der Waals surface area contributed by atoms with Gasteiger partial charge in [-0.15, -0.1) is 0 Å². The Bertz CT molecular complexity index is 969. The van der Waals surface area contributed by atoms with Crippen molar-refractivity contribution < 1.29 is 9.90 Å². The number of nitrogens with one attached hydrogen (secondary N) is 2. The highest BCUT2D eigenvalue weighted by Crippen LogP contribution is 2.45. The second-order valence-corrected chi connectivity index (χ2v) is 10.6. The van der Waals surface area contributed by atoms with E-state index in [-0.39, 0.29) is 5.91 Å². The van der Waals surface area contributed by atoms with Gasteiger partial charge in [0.2, 0.25) is 11.9 Å². The van der Waals surface area contributed by atoms with Gasteiger partial charge in [0.25, 0.3) is 0 Å². The van der Waals surface area contributed by atoms with Crippen molar-refractivity contribution in [3.63, 3.8) is 0 Å². The molecule has 10 heteroatoms. The molecule has 0 atom stereocenters. The maximum Gasteiger partial charge on any atom is 0.229 e. The van der Waals surface area contributed by atoms with Crippen molar-refractivity contribution >= 4 is 35.0 Å². The fourth-order valence-electron chi connectivity index (χ4n) is 4.93. The first-order valence-electron chi connectivity index (χ1n) is 11.7. The molecule has 1 saturated heterocycles. The van der Waals surface area contributed by atoms with E-state index in [2.05, 4.69) is 25.7 Å². The molecule has 0 unspecified atom stereocenters. The third-order valence-corrected chi connectivity index (χ3v) is 7.12. The lowest BCUT2D eigenvalue weighted by Gasteiger charge is -2.46. The molecule has 9 nitrogen and oxygen atoms in total. The van der Waals surface area contributed by atoms with Crippen LogP contribution in [0.1, 0.15) is 59.3 Å². The number of hydrogen-bond donors (Lipinski definition) is 3. The number of likely N-dealkylation sites (tertiary alicyclic amines) is 1. The van der Waals surface area contributed by atoms with Crippen molar-refractivity contribution in [3.8, 4) is 0 Å². The summed E-state index contributed by atoms with van der Waals surface area (Å²) in [5.41, 5.74) is 0.263. The number of rotatable bonds is 6. The standard InChI is InChI=1S/C23H34ClN7O2/c1-16(32)30-10-8-23(9-11-30)6-4-17(5-7-23)27-20-19(24)13-25-21(29-20)28-18-12-26-31(14-18)15-22(2,3)33/h12-14,17,33H,4-11,15H2,1-3H3,(H2,25,27,28,29). The summed E-state index contributed by atoms with van der Waals surface area (Å²) in [5, 5.41) is 21.4. The highest BCUT2D eigenvalue weighted by Gasteiger charge is 2.38. The van der Waals surface area contributed by atoms with Gasteiger partial charge in [-0.25, -0.2) is 4.98 Å². The molecule has 180 valence electrons. The number of anilines is 3. The van der Waals surface area contributed by atoms with Crippen LogP contribution in [-0.4, -0.2) is 60.4 Å². The van der Waals surface area contributed by atoms with Gasteiger partial charge in [-0.2, -0.15) is 10.1 Å². The summed E-state index contributed by atoms with van der Waals surface area (Å²) < 4.78 is 1.68. The third-order valence-electron chi connectivity index (χ3n) is 6.84. The lowest BCUT2D eigenvalue weighted by Crippen LogP contribution is -2.45. The van der Waals surface area contributed by atoms with Gasteiger partial charge >= 0.3 is 0 Å². The van der Waals surface area contributed by atoms with Gasteiger partial charge in [0.1, 0.15) is 5.02 Å². The van der Waals surface area contributed by atoms with Crippen LogP contribution in [0.5, 0.6) is 0 Å². The molecule has 1 spiro atoms. The van der Waals surface area contributed by atoms with Crippen molar-refractivity contribution in [1.29, 1.82) is 0 Å². The highest BCUT2D eigenvalue weighted by molar-refractivity contribution is 6.32. The quantitative estimate of drug-likeness (QED) is 0.582. The summed E-state index contributed by atoms with van der Waals surface area (Å²) in [6, 6.07) is 0.316. The Kier molecular flexibility index (Phi) is 6.81. The van der Waals surface area contributed by atoms with Crippen LogP contribution in [0.15, 0.2) is 18.6 Å². The minimum absolute atomic E-state index is 0.188. The largest absolute Gasteiger partial charge is 0.389 e. The second kappa shape index (κ2) is 9.46. The molecule has 0 bridgehead atoms. The Morgan fingerprint density at radius 1 is 1.24 bits per heavy atom. The van der Waals surface area contributed by atoms with Gasteiger partial charge in [0.15, 0.2) is 5.82 Å². The Balaban J connectivity index is 1.33. The van der Waals surface area contributed by atoms with Crippen molar-refractivity contribution in [3.05, 3.63) is 23.6 Å². The van der Waals surface area contributed by atoms with E-state index in [1.807, 2.05) is 4.90 Å². The first-order chi connectivity index (χ1) is 15.6. The first kappa shape index (κ1) is 23.8. The Morgan fingerprint density at radius 3 is 2.58 bits per heavy atom. The van der Waals surface area contributed by atoms with E-state index in [0.717, 1.165) is 57.3 Å². The van der Waals surface area contributed by atoms with Gasteiger partial charge in [0, 0.05) is 32.3 Å². The van der Waals surface area contributed by atoms with Crippen LogP contribution in [0, 0.1) is 5.41 Å². The number of aliphatic hydroxyl groups is 1. The number of carbonyl (C=O) groups excluding carboxylic acids is 1. The summed E-state index contributed by atoms with van der Waals surface area (Å²) in [6.07, 6.45) is 11.7. The number of carbonyl (C=O) groups is 1. The molecule has 2 fully saturated rings. The Labute approximate surface area is 199 Å². The lowest BCUT2D eigenvalue weighted by atomic mass is 9.67. The minimum Gasteiger partial charge on any atom is -0.389 e. The summed E-state index contributed by atoms with van der Waals surface area (Å²) >= 11 is 6.39. The number of hydrogen-bond acceptors (Lipinski definition) is 7. The molecule has 1 aliphatic heterocycles. The smallest absolute Gasteiger partial charge is 0.229 e. The summed E-state index contributed by atoms with van der Waals surface area (Å²) in [6.45, 7) is 7.29. The van der Waals surface area contributed by atoms with Gasteiger partial charge in [0.05, 0.1) is 30.2 Å². The molecule has 3 heterocycles. The number of halogens is 1. The van der Waals surface area contributed by atoms with E-state index >= 15 is 0 Å². The Hall–Kier alpha value is -2.39.